The molecule has 0 saturated heterocycles. The summed E-state index contributed by atoms with van der Waals surface area (Å²) < 4.78 is 26.4. The van der Waals surface area contributed by atoms with Crippen molar-refractivity contribution in [1.82, 2.24) is 5.32 Å². The highest BCUT2D eigenvalue weighted by molar-refractivity contribution is 6.30. The molecule has 106 valence electrons. The van der Waals surface area contributed by atoms with Gasteiger partial charge in [0.05, 0.1) is 0 Å². The predicted molar refractivity (Wildman–Crippen MR) is 77.7 cm³/mol. The van der Waals surface area contributed by atoms with Crippen LogP contribution in [-0.2, 0) is 6.54 Å². The van der Waals surface area contributed by atoms with Gasteiger partial charge in [-0.3, -0.25) is 0 Å². The molecule has 0 aliphatic heterocycles. The second-order valence-corrected chi connectivity index (χ2v) is 5.07. The monoisotopic (exact) mass is 295 g/mol. The summed E-state index contributed by atoms with van der Waals surface area (Å²) >= 11 is 5.86. The van der Waals surface area contributed by atoms with E-state index >= 15 is 0 Å². The Balaban J connectivity index is 2.05. The predicted octanol–water partition coefficient (Wildman–Crippen LogP) is 4.86. The first-order valence-corrected chi connectivity index (χ1v) is 6.90. The van der Waals surface area contributed by atoms with Crippen molar-refractivity contribution >= 4 is 11.6 Å². The summed E-state index contributed by atoms with van der Waals surface area (Å²) in [6, 6.07) is 11.3. The van der Waals surface area contributed by atoms with Gasteiger partial charge in [-0.05, 0) is 30.2 Å². The summed E-state index contributed by atoms with van der Waals surface area (Å²) in [5.74, 6) is -1.08. The molecule has 0 aliphatic carbocycles. The molecule has 0 fully saturated rings. The zero-order valence-electron chi connectivity index (χ0n) is 11.2. The van der Waals surface area contributed by atoms with E-state index in [1.54, 1.807) is 0 Å². The van der Waals surface area contributed by atoms with Gasteiger partial charge in [0, 0.05) is 29.2 Å². The Morgan fingerprint density at radius 3 is 2.40 bits per heavy atom. The van der Waals surface area contributed by atoms with Crippen LogP contribution in [0, 0.1) is 11.6 Å². The minimum atomic E-state index is -0.559. The van der Waals surface area contributed by atoms with E-state index in [1.165, 1.54) is 12.1 Å². The lowest BCUT2D eigenvalue weighted by atomic mass is 10.0. The lowest BCUT2D eigenvalue weighted by molar-refractivity contribution is 0.500. The quantitative estimate of drug-likeness (QED) is 0.830. The lowest BCUT2D eigenvalue weighted by Gasteiger charge is -2.18. The number of benzene rings is 2. The van der Waals surface area contributed by atoms with Crippen LogP contribution in [0.1, 0.15) is 30.5 Å². The smallest absolute Gasteiger partial charge is 0.130 e. The summed E-state index contributed by atoms with van der Waals surface area (Å²) in [6.45, 7) is 2.40. The van der Waals surface area contributed by atoms with Gasteiger partial charge in [-0.2, -0.15) is 0 Å². The zero-order valence-corrected chi connectivity index (χ0v) is 11.9. The Labute approximate surface area is 122 Å². The minimum Gasteiger partial charge on any atom is -0.306 e. The van der Waals surface area contributed by atoms with Gasteiger partial charge in [0.2, 0.25) is 0 Å². The van der Waals surface area contributed by atoms with Gasteiger partial charge < -0.3 is 5.32 Å². The molecular weight excluding hydrogens is 280 g/mol. The van der Waals surface area contributed by atoms with E-state index in [0.717, 1.165) is 18.1 Å². The van der Waals surface area contributed by atoms with E-state index in [1.807, 2.05) is 31.2 Å². The van der Waals surface area contributed by atoms with Gasteiger partial charge >= 0.3 is 0 Å². The maximum Gasteiger partial charge on any atom is 0.130 e. The highest BCUT2D eigenvalue weighted by Crippen LogP contribution is 2.20. The standard InChI is InChI=1S/C16H16ClF2N/c1-2-16(11-3-6-13(17)7-4-11)20-10-12-5-8-14(18)9-15(12)19/h3-9,16,20H,2,10H2,1H3. The summed E-state index contributed by atoms with van der Waals surface area (Å²) in [7, 11) is 0. The van der Waals surface area contributed by atoms with Crippen molar-refractivity contribution in [3.05, 3.63) is 70.2 Å². The molecular formula is C16H16ClF2N. The second-order valence-electron chi connectivity index (χ2n) is 4.63. The molecule has 0 aromatic heterocycles. The van der Waals surface area contributed by atoms with E-state index in [4.69, 9.17) is 11.6 Å². The highest BCUT2D eigenvalue weighted by atomic mass is 35.5. The van der Waals surface area contributed by atoms with Crippen LogP contribution in [0.5, 0.6) is 0 Å². The molecule has 0 bridgehead atoms. The number of hydrogen-bond donors (Lipinski definition) is 1. The largest absolute Gasteiger partial charge is 0.306 e. The third-order valence-corrected chi connectivity index (χ3v) is 3.49. The van der Waals surface area contributed by atoms with Crippen LogP contribution in [0.4, 0.5) is 8.78 Å². The Bertz CT molecular complexity index is 569. The molecule has 4 heteroatoms. The normalized spacial score (nSPS) is 12.4. The maximum atomic E-state index is 13.6. The first-order valence-electron chi connectivity index (χ1n) is 6.53. The average molecular weight is 296 g/mol. The summed E-state index contributed by atoms with van der Waals surface area (Å²) in [6.07, 6.45) is 0.866. The van der Waals surface area contributed by atoms with E-state index < -0.39 is 11.6 Å². The molecule has 1 nitrogen and oxygen atoms in total. The summed E-state index contributed by atoms with van der Waals surface area (Å²) in [4.78, 5) is 0. The van der Waals surface area contributed by atoms with Gasteiger partial charge in [-0.25, -0.2) is 8.78 Å². The molecule has 0 amide bonds. The van der Waals surface area contributed by atoms with E-state index in [9.17, 15) is 8.78 Å². The van der Waals surface area contributed by atoms with Crippen molar-refractivity contribution in [2.45, 2.75) is 25.9 Å². The van der Waals surface area contributed by atoms with Gasteiger partial charge in [0.25, 0.3) is 0 Å². The zero-order chi connectivity index (χ0) is 14.5. The minimum absolute atomic E-state index is 0.108. The fourth-order valence-electron chi connectivity index (χ4n) is 2.09. The number of nitrogens with one attached hydrogen (secondary N) is 1. The van der Waals surface area contributed by atoms with Crippen molar-refractivity contribution in [1.29, 1.82) is 0 Å². The van der Waals surface area contributed by atoms with Crippen molar-refractivity contribution in [2.75, 3.05) is 0 Å². The second kappa shape index (κ2) is 6.82. The molecule has 2 aromatic rings. The Hall–Kier alpha value is -1.45. The number of hydrogen-bond acceptors (Lipinski definition) is 1. The van der Waals surface area contributed by atoms with Crippen LogP contribution in [0.2, 0.25) is 5.02 Å². The van der Waals surface area contributed by atoms with E-state index in [-0.39, 0.29) is 6.04 Å². The van der Waals surface area contributed by atoms with Crippen molar-refractivity contribution in [3.63, 3.8) is 0 Å². The fourth-order valence-corrected chi connectivity index (χ4v) is 2.22. The molecule has 20 heavy (non-hydrogen) atoms. The Kier molecular flexibility index (Phi) is 5.10. The first-order chi connectivity index (χ1) is 9.60. The lowest BCUT2D eigenvalue weighted by Crippen LogP contribution is -2.20. The molecule has 0 saturated carbocycles. The SMILES string of the molecule is CCC(NCc1ccc(F)cc1F)c1ccc(Cl)cc1. The average Bonchev–Trinajstić information content (AvgIpc) is 2.43. The first kappa shape index (κ1) is 14.9. The number of halogens is 3. The molecule has 0 radical (unpaired) electrons. The summed E-state index contributed by atoms with van der Waals surface area (Å²) in [5.41, 5.74) is 1.55. The van der Waals surface area contributed by atoms with Crippen molar-refractivity contribution < 1.29 is 8.78 Å². The van der Waals surface area contributed by atoms with Gasteiger partial charge in [0.15, 0.2) is 0 Å². The molecule has 1 atom stereocenters. The van der Waals surface area contributed by atoms with E-state index in [0.29, 0.717) is 17.1 Å². The van der Waals surface area contributed by atoms with Crippen LogP contribution < -0.4 is 5.32 Å². The molecule has 1 unspecified atom stereocenters. The van der Waals surface area contributed by atoms with Crippen molar-refractivity contribution in [2.24, 2.45) is 0 Å². The molecule has 0 heterocycles. The third kappa shape index (κ3) is 3.78. The third-order valence-electron chi connectivity index (χ3n) is 3.23. The van der Waals surface area contributed by atoms with Gasteiger partial charge in [-0.1, -0.05) is 36.7 Å². The molecule has 0 spiro atoms. The Morgan fingerprint density at radius 1 is 1.10 bits per heavy atom. The Morgan fingerprint density at radius 2 is 1.80 bits per heavy atom. The molecule has 1 N–H and O–H groups in total. The maximum absolute atomic E-state index is 13.6. The van der Waals surface area contributed by atoms with Crippen LogP contribution in [0.25, 0.3) is 0 Å². The van der Waals surface area contributed by atoms with Gasteiger partial charge in [0.1, 0.15) is 11.6 Å². The molecule has 0 aliphatic rings. The van der Waals surface area contributed by atoms with Crippen LogP contribution >= 0.6 is 11.6 Å². The van der Waals surface area contributed by atoms with E-state index in [2.05, 4.69) is 5.32 Å². The molecule has 2 rings (SSSR count). The summed E-state index contributed by atoms with van der Waals surface area (Å²) in [5, 5.41) is 3.96. The van der Waals surface area contributed by atoms with Crippen LogP contribution in [0.3, 0.4) is 0 Å². The van der Waals surface area contributed by atoms with Crippen LogP contribution in [-0.4, -0.2) is 0 Å². The molecule has 2 aromatic carbocycles. The fraction of sp³-hybridized carbons (Fsp3) is 0.250. The van der Waals surface area contributed by atoms with Gasteiger partial charge in [-0.15, -0.1) is 0 Å². The topological polar surface area (TPSA) is 12.0 Å². The number of rotatable bonds is 5. The van der Waals surface area contributed by atoms with Crippen molar-refractivity contribution in [3.8, 4) is 0 Å². The van der Waals surface area contributed by atoms with Crippen LogP contribution in [0.15, 0.2) is 42.5 Å². The highest BCUT2D eigenvalue weighted by Gasteiger charge is 2.10.